The van der Waals surface area contributed by atoms with Crippen molar-refractivity contribution < 1.29 is 10.0 Å². The number of allylic oxidation sites excluding steroid dienone is 2. The van der Waals surface area contributed by atoms with E-state index in [0.29, 0.717) is 37.5 Å². The quantitative estimate of drug-likeness (QED) is 0.716. The largest absolute Gasteiger partial charge is 0.330 e. The first-order valence-corrected chi connectivity index (χ1v) is 5.31. The summed E-state index contributed by atoms with van der Waals surface area (Å²) < 4.78 is 0. The van der Waals surface area contributed by atoms with Crippen LogP contribution in [0.15, 0.2) is 27.9 Å². The fraction of sp³-hybridized carbons (Fsp3) is 0.455. The maximum absolute atomic E-state index is 11.7. The lowest BCUT2D eigenvalue weighted by Crippen LogP contribution is -2.37. The molecule has 0 spiro atoms. The molecule has 0 fully saturated rings. The number of aliphatic imine (C=N–C) groups is 1. The minimum absolute atomic E-state index is 0.0625. The van der Waals surface area contributed by atoms with Crippen molar-refractivity contribution >= 4 is 11.6 Å². The zero-order valence-electron chi connectivity index (χ0n) is 9.23. The zero-order chi connectivity index (χ0) is 11.7. The number of carbonyl (C=O) groups is 1. The Labute approximate surface area is 93.9 Å². The summed E-state index contributed by atoms with van der Waals surface area (Å²) in [6, 6.07) is 0. The Morgan fingerprint density at radius 1 is 1.62 bits per heavy atom. The molecule has 1 heterocycles. The monoisotopic (exact) mass is 221 g/mol. The number of hydrogen-bond acceptors (Lipinski definition) is 5. The molecular weight excluding hydrogens is 206 g/mol. The lowest BCUT2D eigenvalue weighted by molar-refractivity contribution is -0.119. The molecule has 5 nitrogen and oxygen atoms in total. The highest BCUT2D eigenvalue weighted by Crippen LogP contribution is 2.28. The van der Waals surface area contributed by atoms with Crippen molar-refractivity contribution in [2.24, 2.45) is 10.7 Å². The number of amidine groups is 1. The molecule has 2 aliphatic rings. The van der Waals surface area contributed by atoms with Gasteiger partial charge in [0.05, 0.1) is 6.54 Å². The summed E-state index contributed by atoms with van der Waals surface area (Å²) in [7, 11) is 0. The molecule has 5 heteroatoms. The van der Waals surface area contributed by atoms with E-state index in [-0.39, 0.29) is 5.78 Å². The van der Waals surface area contributed by atoms with Crippen LogP contribution in [0.2, 0.25) is 0 Å². The van der Waals surface area contributed by atoms with Crippen LogP contribution in [-0.2, 0) is 4.79 Å². The highest BCUT2D eigenvalue weighted by atomic mass is 16.5. The van der Waals surface area contributed by atoms with Gasteiger partial charge in [0.2, 0.25) is 0 Å². The van der Waals surface area contributed by atoms with E-state index < -0.39 is 0 Å². The van der Waals surface area contributed by atoms with Crippen molar-refractivity contribution in [1.82, 2.24) is 5.06 Å². The van der Waals surface area contributed by atoms with Crippen LogP contribution in [0, 0.1) is 0 Å². The molecule has 0 aromatic carbocycles. The van der Waals surface area contributed by atoms with Gasteiger partial charge in [0, 0.05) is 18.4 Å². The number of rotatable bonds is 2. The highest BCUT2D eigenvalue weighted by molar-refractivity contribution is 6.03. The predicted octanol–water partition coefficient (Wildman–Crippen LogP) is 0.612. The zero-order valence-corrected chi connectivity index (χ0v) is 9.23. The van der Waals surface area contributed by atoms with Crippen LogP contribution in [0.4, 0.5) is 0 Å². The van der Waals surface area contributed by atoms with E-state index in [9.17, 15) is 10.0 Å². The lowest BCUT2D eigenvalue weighted by atomic mass is 9.93. The van der Waals surface area contributed by atoms with Crippen molar-refractivity contribution in [3.05, 3.63) is 22.9 Å². The second-order valence-corrected chi connectivity index (χ2v) is 3.92. The summed E-state index contributed by atoms with van der Waals surface area (Å²) >= 11 is 0. The molecule has 0 aromatic rings. The summed E-state index contributed by atoms with van der Waals surface area (Å²) in [5, 5.41) is 10.8. The van der Waals surface area contributed by atoms with Gasteiger partial charge in [-0.05, 0) is 19.0 Å². The van der Waals surface area contributed by atoms with Gasteiger partial charge in [0.25, 0.3) is 0 Å². The van der Waals surface area contributed by atoms with Gasteiger partial charge in [-0.1, -0.05) is 6.08 Å². The third kappa shape index (κ3) is 1.68. The van der Waals surface area contributed by atoms with Crippen molar-refractivity contribution in [2.75, 3.05) is 13.1 Å². The summed E-state index contributed by atoms with van der Waals surface area (Å²) in [5.41, 5.74) is 7.63. The Hall–Kier alpha value is -1.46. The third-order valence-electron chi connectivity index (χ3n) is 2.86. The molecular formula is C11H15N3O2. The smallest absolute Gasteiger partial charge is 0.185 e. The lowest BCUT2D eigenvalue weighted by Gasteiger charge is -2.29. The Bertz CT molecular complexity index is 421. The van der Waals surface area contributed by atoms with E-state index in [4.69, 9.17) is 5.73 Å². The van der Waals surface area contributed by atoms with Gasteiger partial charge in [-0.25, -0.2) is 5.06 Å². The molecule has 2 rings (SSSR count). The normalized spacial score (nSPS) is 20.7. The second kappa shape index (κ2) is 4.19. The Morgan fingerprint density at radius 2 is 2.38 bits per heavy atom. The van der Waals surface area contributed by atoms with E-state index in [2.05, 4.69) is 4.99 Å². The second-order valence-electron chi connectivity index (χ2n) is 3.92. The first-order valence-electron chi connectivity index (χ1n) is 5.31. The maximum Gasteiger partial charge on any atom is 0.185 e. The minimum atomic E-state index is -0.0625. The van der Waals surface area contributed by atoms with Gasteiger partial charge in [0.1, 0.15) is 11.5 Å². The first kappa shape index (κ1) is 11.0. The van der Waals surface area contributed by atoms with Crippen LogP contribution in [-0.4, -0.2) is 35.0 Å². The maximum atomic E-state index is 11.7. The van der Waals surface area contributed by atoms with Gasteiger partial charge >= 0.3 is 0 Å². The number of hydrogen-bond donors (Lipinski definition) is 2. The average molecular weight is 221 g/mol. The number of nitrogens with two attached hydrogens (primary N) is 1. The summed E-state index contributed by atoms with van der Waals surface area (Å²) in [4.78, 5) is 16.0. The number of carbonyl (C=O) groups excluding carboxylic acids is 1. The van der Waals surface area contributed by atoms with Crippen molar-refractivity contribution in [3.8, 4) is 0 Å². The number of nitrogens with zero attached hydrogens (tertiary/aromatic N) is 2. The number of ketones is 1. The molecule has 3 N–H and O–H groups in total. The average Bonchev–Trinajstić information content (AvgIpc) is 2.27. The highest BCUT2D eigenvalue weighted by Gasteiger charge is 2.30. The standard InChI is InChI=1S/C11H15N3O2/c1-7-2-3-9(15)11-8(7)6-13-10(4-5-12)14(11)16/h2,16H,3-6,12H2,1H3. The summed E-state index contributed by atoms with van der Waals surface area (Å²) in [5.74, 6) is 0.414. The van der Waals surface area contributed by atoms with Crippen LogP contribution in [0.1, 0.15) is 19.8 Å². The summed E-state index contributed by atoms with van der Waals surface area (Å²) in [6.45, 7) is 2.79. The van der Waals surface area contributed by atoms with Crippen LogP contribution in [0.25, 0.3) is 0 Å². The molecule has 16 heavy (non-hydrogen) atoms. The molecule has 0 saturated heterocycles. The number of hydroxylamine groups is 2. The van der Waals surface area contributed by atoms with E-state index in [1.807, 2.05) is 13.0 Å². The van der Waals surface area contributed by atoms with E-state index in [1.165, 1.54) is 0 Å². The van der Waals surface area contributed by atoms with E-state index >= 15 is 0 Å². The van der Waals surface area contributed by atoms with Crippen LogP contribution >= 0.6 is 0 Å². The van der Waals surface area contributed by atoms with Crippen molar-refractivity contribution in [1.29, 1.82) is 0 Å². The van der Waals surface area contributed by atoms with Crippen molar-refractivity contribution in [3.63, 3.8) is 0 Å². The molecule has 0 aromatic heterocycles. The van der Waals surface area contributed by atoms with Gasteiger partial charge in [-0.2, -0.15) is 0 Å². The molecule has 1 aliphatic carbocycles. The number of Topliss-reactive ketones (excluding diaryl/α,β-unsaturated/α-hetero) is 1. The molecule has 0 unspecified atom stereocenters. The Balaban J connectivity index is 2.34. The Kier molecular flexibility index (Phi) is 2.89. The van der Waals surface area contributed by atoms with E-state index in [1.54, 1.807) is 0 Å². The minimum Gasteiger partial charge on any atom is -0.330 e. The summed E-state index contributed by atoms with van der Waals surface area (Å²) in [6.07, 6.45) is 2.69. The van der Waals surface area contributed by atoms with Gasteiger partial charge in [-0.15, -0.1) is 0 Å². The van der Waals surface area contributed by atoms with Crippen LogP contribution < -0.4 is 5.73 Å². The van der Waals surface area contributed by atoms with Gasteiger partial charge in [-0.3, -0.25) is 15.0 Å². The van der Waals surface area contributed by atoms with Gasteiger partial charge < -0.3 is 5.73 Å². The fourth-order valence-electron chi connectivity index (χ4n) is 1.95. The molecule has 0 atom stereocenters. The van der Waals surface area contributed by atoms with Crippen LogP contribution in [0.5, 0.6) is 0 Å². The van der Waals surface area contributed by atoms with Gasteiger partial charge in [0.15, 0.2) is 5.78 Å². The molecule has 0 radical (unpaired) electrons. The van der Waals surface area contributed by atoms with Crippen LogP contribution in [0.3, 0.4) is 0 Å². The molecule has 0 saturated carbocycles. The predicted molar refractivity (Wildman–Crippen MR) is 60.0 cm³/mol. The van der Waals surface area contributed by atoms with E-state index in [0.717, 1.165) is 16.2 Å². The third-order valence-corrected chi connectivity index (χ3v) is 2.86. The Morgan fingerprint density at radius 3 is 3.06 bits per heavy atom. The van der Waals surface area contributed by atoms with Crippen molar-refractivity contribution in [2.45, 2.75) is 19.8 Å². The topological polar surface area (TPSA) is 78.9 Å². The fourth-order valence-corrected chi connectivity index (χ4v) is 1.95. The molecule has 0 bridgehead atoms. The first-order chi connectivity index (χ1) is 7.65. The molecule has 86 valence electrons. The SMILES string of the molecule is CC1=CCC(=O)C2=C1CN=C(CCN)N2O. The molecule has 1 aliphatic heterocycles. The molecule has 0 amide bonds.